The summed E-state index contributed by atoms with van der Waals surface area (Å²) in [6.07, 6.45) is 36.1. The summed E-state index contributed by atoms with van der Waals surface area (Å²) in [5, 5.41) is 10.4. The lowest BCUT2D eigenvalue weighted by molar-refractivity contribution is -0.161. The third kappa shape index (κ3) is 51.5. The number of aliphatic hydroxyl groups excluding tert-OH is 1. The van der Waals surface area contributed by atoms with Crippen LogP contribution in [0.3, 0.4) is 0 Å². The highest BCUT2D eigenvalue weighted by Gasteiger charge is 2.30. The van der Waals surface area contributed by atoms with Crippen molar-refractivity contribution in [3.63, 3.8) is 0 Å². The number of phosphoric ester groups is 2. The fourth-order valence-electron chi connectivity index (χ4n) is 8.37. The standard InChI is InChI=1S/C57H110O17P2/c1-5-9-13-16-19-21-23-25-26-27-29-31-34-37-40-44-57(62)73-52(47-67-54(59)41-12-8-4)49-71-75(63,64)69-45-51(58)46-70-76(65,66)72-50-53(74-56(61)43-39-36-32-18-15-11-7-3)48-68-55(60)42-38-35-33-30-28-24-22-20-17-14-10-6-2/h51-53,58H,5-50H2,1-4H3,(H,63,64)(H,65,66)/t51-,52+,53+/m0/s1. The van der Waals surface area contributed by atoms with Crippen LogP contribution in [-0.2, 0) is 65.4 Å². The molecule has 0 spiro atoms. The topological polar surface area (TPSA) is 237 Å². The number of ether oxygens (including phenoxy) is 4. The first-order chi connectivity index (χ1) is 36.7. The van der Waals surface area contributed by atoms with Gasteiger partial charge in [0.05, 0.1) is 26.4 Å². The molecule has 0 aliphatic carbocycles. The summed E-state index contributed by atoms with van der Waals surface area (Å²) in [7, 11) is -9.85. The zero-order valence-electron chi connectivity index (χ0n) is 48.2. The highest BCUT2D eigenvalue weighted by atomic mass is 31.2. The molecule has 0 radical (unpaired) electrons. The number of aliphatic hydroxyl groups is 1. The van der Waals surface area contributed by atoms with Crippen LogP contribution in [0, 0.1) is 0 Å². The number of esters is 4. The van der Waals surface area contributed by atoms with Gasteiger partial charge in [0.2, 0.25) is 0 Å². The van der Waals surface area contributed by atoms with E-state index in [1.807, 2.05) is 6.92 Å². The molecule has 0 rings (SSSR count). The van der Waals surface area contributed by atoms with E-state index >= 15 is 0 Å². The average Bonchev–Trinajstić information content (AvgIpc) is 3.39. The second kappa shape index (κ2) is 52.4. The van der Waals surface area contributed by atoms with E-state index in [9.17, 15) is 43.2 Å². The van der Waals surface area contributed by atoms with Crippen molar-refractivity contribution in [3.05, 3.63) is 0 Å². The lowest BCUT2D eigenvalue weighted by Crippen LogP contribution is -2.30. The number of unbranched alkanes of at least 4 members (excludes halogenated alkanes) is 32. The number of carbonyl (C=O) groups excluding carboxylic acids is 4. The predicted octanol–water partition coefficient (Wildman–Crippen LogP) is 15.2. The van der Waals surface area contributed by atoms with Crippen LogP contribution in [0.15, 0.2) is 0 Å². The molecule has 0 aromatic heterocycles. The van der Waals surface area contributed by atoms with Crippen molar-refractivity contribution >= 4 is 39.5 Å². The molecule has 0 aromatic carbocycles. The summed E-state index contributed by atoms with van der Waals surface area (Å²) in [6, 6.07) is 0. The smallest absolute Gasteiger partial charge is 0.462 e. The summed E-state index contributed by atoms with van der Waals surface area (Å²) >= 11 is 0. The monoisotopic (exact) mass is 1130 g/mol. The first-order valence-corrected chi connectivity index (χ1v) is 33.3. The molecule has 0 heterocycles. The van der Waals surface area contributed by atoms with Crippen LogP contribution in [-0.4, -0.2) is 96.7 Å². The largest absolute Gasteiger partial charge is 0.472 e. The van der Waals surface area contributed by atoms with Gasteiger partial charge in [-0.05, 0) is 25.7 Å². The number of hydrogen-bond donors (Lipinski definition) is 3. The third-order valence-corrected chi connectivity index (χ3v) is 15.0. The van der Waals surface area contributed by atoms with E-state index in [2.05, 4.69) is 20.8 Å². The minimum absolute atomic E-state index is 0.104. The van der Waals surface area contributed by atoms with Gasteiger partial charge in [-0.1, -0.05) is 233 Å². The molecule has 0 aliphatic heterocycles. The predicted molar refractivity (Wildman–Crippen MR) is 299 cm³/mol. The molecule has 0 fully saturated rings. The van der Waals surface area contributed by atoms with Crippen molar-refractivity contribution in [2.45, 2.75) is 303 Å². The average molecular weight is 1130 g/mol. The van der Waals surface area contributed by atoms with Gasteiger partial charge < -0.3 is 33.8 Å². The second-order valence-electron chi connectivity index (χ2n) is 20.7. The van der Waals surface area contributed by atoms with Crippen molar-refractivity contribution < 1.29 is 80.2 Å². The Bertz CT molecular complexity index is 1490. The maximum Gasteiger partial charge on any atom is 0.472 e. The van der Waals surface area contributed by atoms with Gasteiger partial charge in [-0.3, -0.25) is 37.3 Å². The first-order valence-electron chi connectivity index (χ1n) is 30.3. The van der Waals surface area contributed by atoms with Crippen LogP contribution in [0.4, 0.5) is 0 Å². The molecule has 2 unspecified atom stereocenters. The SMILES string of the molecule is CCCCCCCCCCCCCCCCCC(=O)O[C@H](COC(=O)CCCC)COP(=O)(O)OC[C@H](O)COP(=O)(O)OC[C@@H](COC(=O)CCCCCCCCCCCCCC)OC(=O)CCCCCCCCC. The molecule has 0 amide bonds. The molecular formula is C57H110O17P2. The van der Waals surface area contributed by atoms with E-state index < -0.39 is 97.5 Å². The Hall–Kier alpha value is -1.94. The van der Waals surface area contributed by atoms with Crippen molar-refractivity contribution in [2.24, 2.45) is 0 Å². The summed E-state index contributed by atoms with van der Waals surface area (Å²) in [6.45, 7) is 4.55. The highest BCUT2D eigenvalue weighted by Crippen LogP contribution is 2.45. The molecule has 17 nitrogen and oxygen atoms in total. The first kappa shape index (κ1) is 74.1. The van der Waals surface area contributed by atoms with Crippen molar-refractivity contribution in [1.29, 1.82) is 0 Å². The molecule has 450 valence electrons. The fraction of sp³-hybridized carbons (Fsp3) is 0.930. The zero-order chi connectivity index (χ0) is 56.2. The van der Waals surface area contributed by atoms with E-state index in [0.29, 0.717) is 25.7 Å². The molecular weight excluding hydrogens is 1020 g/mol. The summed E-state index contributed by atoms with van der Waals surface area (Å²) in [4.78, 5) is 71.1. The normalized spacial score (nSPS) is 14.4. The Morgan fingerprint density at radius 2 is 0.539 bits per heavy atom. The van der Waals surface area contributed by atoms with Gasteiger partial charge in [-0.15, -0.1) is 0 Å². The fourth-order valence-corrected chi connectivity index (χ4v) is 9.95. The Balaban J connectivity index is 4.97. The highest BCUT2D eigenvalue weighted by molar-refractivity contribution is 7.47. The number of phosphoric acid groups is 2. The number of carbonyl (C=O) groups is 4. The lowest BCUT2D eigenvalue weighted by Gasteiger charge is -2.21. The molecule has 0 saturated carbocycles. The van der Waals surface area contributed by atoms with Gasteiger partial charge in [-0.25, -0.2) is 9.13 Å². The van der Waals surface area contributed by atoms with Gasteiger partial charge in [0.15, 0.2) is 12.2 Å². The zero-order valence-corrected chi connectivity index (χ0v) is 50.0. The van der Waals surface area contributed by atoms with Gasteiger partial charge in [-0.2, -0.15) is 0 Å². The third-order valence-electron chi connectivity index (χ3n) is 13.1. The Kier molecular flexibility index (Phi) is 51.1. The van der Waals surface area contributed by atoms with Gasteiger partial charge in [0.1, 0.15) is 19.3 Å². The Morgan fingerprint density at radius 3 is 0.816 bits per heavy atom. The van der Waals surface area contributed by atoms with E-state index in [1.54, 1.807) is 0 Å². The van der Waals surface area contributed by atoms with Crippen LogP contribution < -0.4 is 0 Å². The van der Waals surface area contributed by atoms with Crippen LogP contribution in [0.25, 0.3) is 0 Å². The van der Waals surface area contributed by atoms with Crippen LogP contribution >= 0.6 is 15.6 Å². The minimum atomic E-state index is -4.93. The van der Waals surface area contributed by atoms with Gasteiger partial charge >= 0.3 is 39.5 Å². The molecule has 19 heteroatoms. The maximum atomic E-state index is 12.8. The van der Waals surface area contributed by atoms with Crippen molar-refractivity contribution in [3.8, 4) is 0 Å². The minimum Gasteiger partial charge on any atom is -0.462 e. The molecule has 3 N–H and O–H groups in total. The molecule has 0 saturated heterocycles. The van der Waals surface area contributed by atoms with Gasteiger partial charge in [0, 0.05) is 25.7 Å². The summed E-state index contributed by atoms with van der Waals surface area (Å²) < 4.78 is 67.1. The Morgan fingerprint density at radius 1 is 0.316 bits per heavy atom. The quantitative estimate of drug-likeness (QED) is 0.0222. The van der Waals surface area contributed by atoms with E-state index in [1.165, 1.54) is 116 Å². The van der Waals surface area contributed by atoms with E-state index in [4.69, 9.17) is 37.0 Å². The van der Waals surface area contributed by atoms with Crippen LogP contribution in [0.2, 0.25) is 0 Å². The number of rotatable bonds is 58. The Labute approximate surface area is 460 Å². The molecule has 0 aliphatic rings. The lowest BCUT2D eigenvalue weighted by atomic mass is 10.0. The molecule has 0 aromatic rings. The van der Waals surface area contributed by atoms with Gasteiger partial charge in [0.25, 0.3) is 0 Å². The van der Waals surface area contributed by atoms with Crippen LogP contribution in [0.5, 0.6) is 0 Å². The molecule has 76 heavy (non-hydrogen) atoms. The molecule has 0 bridgehead atoms. The second-order valence-corrected chi connectivity index (χ2v) is 23.6. The summed E-state index contributed by atoms with van der Waals surface area (Å²) in [5.41, 5.74) is 0. The van der Waals surface area contributed by atoms with Crippen molar-refractivity contribution in [2.75, 3.05) is 39.6 Å². The number of hydrogen-bond acceptors (Lipinski definition) is 15. The maximum absolute atomic E-state index is 12.8. The van der Waals surface area contributed by atoms with E-state index in [-0.39, 0.29) is 25.7 Å². The van der Waals surface area contributed by atoms with Crippen LogP contribution in [0.1, 0.15) is 285 Å². The van der Waals surface area contributed by atoms with Crippen molar-refractivity contribution in [1.82, 2.24) is 0 Å². The molecule has 5 atom stereocenters. The summed E-state index contributed by atoms with van der Waals surface area (Å²) in [5.74, 6) is -2.18. The van der Waals surface area contributed by atoms with E-state index in [0.717, 1.165) is 89.9 Å².